The van der Waals surface area contributed by atoms with Crippen molar-refractivity contribution in [1.82, 2.24) is 10.2 Å². The van der Waals surface area contributed by atoms with E-state index in [0.717, 1.165) is 25.4 Å². The van der Waals surface area contributed by atoms with Gasteiger partial charge in [0.15, 0.2) is 0 Å². The Balaban J connectivity index is 1.76. The molecule has 1 N–H and O–H groups in total. The Morgan fingerprint density at radius 1 is 1.35 bits per heavy atom. The van der Waals surface area contributed by atoms with Gasteiger partial charge in [0.1, 0.15) is 5.82 Å². The molecule has 0 amide bonds. The summed E-state index contributed by atoms with van der Waals surface area (Å²) in [6, 6.07) is 5.97. The average Bonchev–Trinajstić information content (AvgIpc) is 3.23. The summed E-state index contributed by atoms with van der Waals surface area (Å²) < 4.78 is 14.0. The van der Waals surface area contributed by atoms with Crippen molar-refractivity contribution in [2.75, 3.05) is 13.1 Å². The molecular formula is C16H22ClFN2. The maximum absolute atomic E-state index is 14.0. The lowest BCUT2D eigenvalue weighted by atomic mass is 10.1. The van der Waals surface area contributed by atoms with E-state index in [1.54, 1.807) is 12.1 Å². The molecule has 1 saturated carbocycles. The number of benzene rings is 1. The summed E-state index contributed by atoms with van der Waals surface area (Å²) in [5.41, 5.74) is 0.637. The maximum atomic E-state index is 14.0. The molecule has 1 heterocycles. The monoisotopic (exact) mass is 296 g/mol. The standard InChI is InChI=1S/C16H22ClFN2/c1-11-7-8-19-16(12-5-6-12)10-20(11)9-13-14(17)3-2-4-15(13)18/h2-4,11-12,16,19H,5-10H2,1H3. The van der Waals surface area contributed by atoms with E-state index in [1.165, 1.54) is 18.9 Å². The zero-order chi connectivity index (χ0) is 14.1. The van der Waals surface area contributed by atoms with Gasteiger partial charge in [0.2, 0.25) is 0 Å². The SMILES string of the molecule is CC1CCNC(C2CC2)CN1Cc1c(F)cccc1Cl. The molecule has 1 saturated heterocycles. The minimum Gasteiger partial charge on any atom is -0.312 e. The Bertz CT molecular complexity index is 455. The predicted molar refractivity (Wildman–Crippen MR) is 80.4 cm³/mol. The van der Waals surface area contributed by atoms with E-state index in [9.17, 15) is 4.39 Å². The number of hydrogen-bond acceptors (Lipinski definition) is 2. The smallest absolute Gasteiger partial charge is 0.129 e. The van der Waals surface area contributed by atoms with Crippen LogP contribution in [-0.4, -0.2) is 30.1 Å². The molecule has 2 unspecified atom stereocenters. The number of nitrogens with zero attached hydrogens (tertiary/aromatic N) is 1. The second kappa shape index (κ2) is 6.00. The minimum atomic E-state index is -0.190. The molecule has 0 aromatic heterocycles. The van der Waals surface area contributed by atoms with Gasteiger partial charge in [-0.05, 0) is 50.8 Å². The topological polar surface area (TPSA) is 15.3 Å². The van der Waals surface area contributed by atoms with E-state index >= 15 is 0 Å². The zero-order valence-corrected chi connectivity index (χ0v) is 12.7. The molecule has 0 spiro atoms. The summed E-state index contributed by atoms with van der Waals surface area (Å²) in [6.45, 7) is 4.89. The molecule has 4 heteroatoms. The van der Waals surface area contributed by atoms with Crippen LogP contribution in [0, 0.1) is 11.7 Å². The fourth-order valence-corrected chi connectivity index (χ4v) is 3.30. The molecule has 1 aliphatic heterocycles. The Labute approximate surface area is 125 Å². The van der Waals surface area contributed by atoms with Crippen molar-refractivity contribution in [1.29, 1.82) is 0 Å². The van der Waals surface area contributed by atoms with Crippen molar-refractivity contribution in [2.24, 2.45) is 5.92 Å². The van der Waals surface area contributed by atoms with Gasteiger partial charge in [-0.1, -0.05) is 17.7 Å². The van der Waals surface area contributed by atoms with Crippen molar-refractivity contribution in [2.45, 2.75) is 44.8 Å². The molecule has 2 fully saturated rings. The quantitative estimate of drug-likeness (QED) is 0.919. The Morgan fingerprint density at radius 3 is 2.85 bits per heavy atom. The fourth-order valence-electron chi connectivity index (χ4n) is 3.08. The second-order valence-electron chi connectivity index (χ2n) is 6.17. The van der Waals surface area contributed by atoms with Gasteiger partial charge in [-0.3, -0.25) is 4.90 Å². The van der Waals surface area contributed by atoms with E-state index in [4.69, 9.17) is 11.6 Å². The van der Waals surface area contributed by atoms with E-state index in [-0.39, 0.29) is 5.82 Å². The Kier molecular flexibility index (Phi) is 4.29. The number of rotatable bonds is 3. The highest BCUT2D eigenvalue weighted by atomic mass is 35.5. The van der Waals surface area contributed by atoms with Crippen molar-refractivity contribution < 1.29 is 4.39 Å². The van der Waals surface area contributed by atoms with Crippen LogP contribution in [0.15, 0.2) is 18.2 Å². The normalized spacial score (nSPS) is 28.4. The lowest BCUT2D eigenvalue weighted by Crippen LogP contribution is -2.41. The van der Waals surface area contributed by atoms with Gasteiger partial charge in [0.05, 0.1) is 0 Å². The molecule has 1 aromatic rings. The highest BCUT2D eigenvalue weighted by molar-refractivity contribution is 6.31. The Hall–Kier alpha value is -0.640. The fraction of sp³-hybridized carbons (Fsp3) is 0.625. The molecular weight excluding hydrogens is 275 g/mol. The number of hydrogen-bond donors (Lipinski definition) is 1. The van der Waals surface area contributed by atoms with Crippen LogP contribution in [0.5, 0.6) is 0 Å². The van der Waals surface area contributed by atoms with Crippen LogP contribution in [0.3, 0.4) is 0 Å². The third-order valence-electron chi connectivity index (χ3n) is 4.64. The van der Waals surface area contributed by atoms with Gasteiger partial charge in [-0.2, -0.15) is 0 Å². The summed E-state index contributed by atoms with van der Waals surface area (Å²) in [7, 11) is 0. The van der Waals surface area contributed by atoms with Crippen LogP contribution in [0.25, 0.3) is 0 Å². The van der Waals surface area contributed by atoms with Crippen molar-refractivity contribution in [3.63, 3.8) is 0 Å². The average molecular weight is 297 g/mol. The van der Waals surface area contributed by atoms with Gasteiger partial charge in [-0.15, -0.1) is 0 Å². The first kappa shape index (κ1) is 14.3. The molecule has 1 aromatic carbocycles. The highest BCUT2D eigenvalue weighted by Crippen LogP contribution is 2.34. The Morgan fingerprint density at radius 2 is 2.15 bits per heavy atom. The lowest BCUT2D eigenvalue weighted by Gasteiger charge is -2.29. The van der Waals surface area contributed by atoms with Gasteiger partial charge in [0, 0.05) is 35.8 Å². The largest absolute Gasteiger partial charge is 0.312 e. The zero-order valence-electron chi connectivity index (χ0n) is 11.9. The lowest BCUT2D eigenvalue weighted by molar-refractivity contribution is 0.188. The third kappa shape index (κ3) is 3.16. The van der Waals surface area contributed by atoms with E-state index in [1.807, 2.05) is 0 Å². The summed E-state index contributed by atoms with van der Waals surface area (Å²) in [5.74, 6) is 0.628. The summed E-state index contributed by atoms with van der Waals surface area (Å²) in [4.78, 5) is 2.38. The van der Waals surface area contributed by atoms with Crippen molar-refractivity contribution >= 4 is 11.6 Å². The van der Waals surface area contributed by atoms with Crippen molar-refractivity contribution in [3.05, 3.63) is 34.6 Å². The summed E-state index contributed by atoms with van der Waals surface area (Å²) in [6.07, 6.45) is 3.77. The molecule has 2 nitrogen and oxygen atoms in total. The van der Waals surface area contributed by atoms with Crippen LogP contribution >= 0.6 is 11.6 Å². The number of nitrogens with one attached hydrogen (secondary N) is 1. The highest BCUT2D eigenvalue weighted by Gasteiger charge is 2.34. The first-order valence-electron chi connectivity index (χ1n) is 7.55. The summed E-state index contributed by atoms with van der Waals surface area (Å²) in [5, 5.41) is 4.19. The molecule has 110 valence electrons. The van der Waals surface area contributed by atoms with Crippen LogP contribution in [0.2, 0.25) is 5.02 Å². The van der Waals surface area contributed by atoms with Crippen LogP contribution in [-0.2, 0) is 6.54 Å². The number of halogens is 2. The van der Waals surface area contributed by atoms with Gasteiger partial charge in [-0.25, -0.2) is 4.39 Å². The van der Waals surface area contributed by atoms with Crippen LogP contribution in [0.1, 0.15) is 31.7 Å². The minimum absolute atomic E-state index is 0.190. The van der Waals surface area contributed by atoms with Crippen LogP contribution in [0.4, 0.5) is 4.39 Å². The van der Waals surface area contributed by atoms with E-state index in [0.29, 0.717) is 29.2 Å². The molecule has 2 aliphatic rings. The first-order valence-corrected chi connectivity index (χ1v) is 7.93. The molecule has 3 rings (SSSR count). The third-order valence-corrected chi connectivity index (χ3v) is 4.99. The van der Waals surface area contributed by atoms with Gasteiger partial charge < -0.3 is 5.32 Å². The first-order chi connectivity index (χ1) is 9.65. The van der Waals surface area contributed by atoms with E-state index in [2.05, 4.69) is 17.1 Å². The maximum Gasteiger partial charge on any atom is 0.129 e. The summed E-state index contributed by atoms with van der Waals surface area (Å²) >= 11 is 6.17. The van der Waals surface area contributed by atoms with Crippen LogP contribution < -0.4 is 5.32 Å². The van der Waals surface area contributed by atoms with Gasteiger partial charge >= 0.3 is 0 Å². The molecule has 20 heavy (non-hydrogen) atoms. The predicted octanol–water partition coefficient (Wildman–Crippen LogP) is 3.44. The molecule has 0 radical (unpaired) electrons. The molecule has 0 bridgehead atoms. The van der Waals surface area contributed by atoms with Gasteiger partial charge in [0.25, 0.3) is 0 Å². The molecule has 1 aliphatic carbocycles. The van der Waals surface area contributed by atoms with Crippen molar-refractivity contribution in [3.8, 4) is 0 Å². The second-order valence-corrected chi connectivity index (χ2v) is 6.57. The van der Waals surface area contributed by atoms with E-state index < -0.39 is 0 Å². The molecule has 2 atom stereocenters.